The lowest BCUT2D eigenvalue weighted by atomic mass is 10.1. The van der Waals surface area contributed by atoms with Gasteiger partial charge in [0.1, 0.15) is 9.84 Å². The SMILES string of the molecule is CS(=O)(=O)C[C@H]1CC[C@@H](N)C1. The van der Waals surface area contributed by atoms with E-state index >= 15 is 0 Å². The Morgan fingerprint density at radius 1 is 1.45 bits per heavy atom. The molecule has 0 aromatic heterocycles. The van der Waals surface area contributed by atoms with Crippen molar-refractivity contribution in [1.82, 2.24) is 0 Å². The minimum absolute atomic E-state index is 0.238. The third-order valence-electron chi connectivity index (χ3n) is 2.12. The Labute approximate surface area is 67.9 Å². The van der Waals surface area contributed by atoms with E-state index in [-0.39, 0.29) is 6.04 Å². The van der Waals surface area contributed by atoms with Crippen LogP contribution in [0.3, 0.4) is 0 Å². The molecule has 11 heavy (non-hydrogen) atoms. The Hall–Kier alpha value is -0.0900. The van der Waals surface area contributed by atoms with Gasteiger partial charge in [-0.05, 0) is 25.2 Å². The Morgan fingerprint density at radius 2 is 2.09 bits per heavy atom. The molecule has 66 valence electrons. The van der Waals surface area contributed by atoms with Gasteiger partial charge in [0.2, 0.25) is 0 Å². The summed E-state index contributed by atoms with van der Waals surface area (Å²) in [5, 5.41) is 0. The molecule has 1 aliphatic rings. The van der Waals surface area contributed by atoms with Gasteiger partial charge in [0.05, 0.1) is 5.75 Å². The van der Waals surface area contributed by atoms with Crippen molar-refractivity contribution in [2.75, 3.05) is 12.0 Å². The van der Waals surface area contributed by atoms with Crippen LogP contribution in [0.25, 0.3) is 0 Å². The van der Waals surface area contributed by atoms with Crippen molar-refractivity contribution in [3.05, 3.63) is 0 Å². The van der Waals surface area contributed by atoms with Crippen molar-refractivity contribution in [2.45, 2.75) is 25.3 Å². The summed E-state index contributed by atoms with van der Waals surface area (Å²) in [6.07, 6.45) is 4.14. The minimum Gasteiger partial charge on any atom is -0.328 e. The molecular weight excluding hydrogens is 162 g/mol. The van der Waals surface area contributed by atoms with E-state index in [0.29, 0.717) is 11.7 Å². The fourth-order valence-electron chi connectivity index (χ4n) is 1.69. The minimum atomic E-state index is -2.79. The summed E-state index contributed by atoms with van der Waals surface area (Å²) in [5.74, 6) is 0.640. The summed E-state index contributed by atoms with van der Waals surface area (Å²) in [4.78, 5) is 0. The van der Waals surface area contributed by atoms with Crippen LogP contribution in [0, 0.1) is 5.92 Å². The Balaban J connectivity index is 2.41. The molecule has 0 saturated heterocycles. The third kappa shape index (κ3) is 3.20. The molecule has 0 spiro atoms. The molecule has 0 heterocycles. The van der Waals surface area contributed by atoms with Gasteiger partial charge in [0.15, 0.2) is 0 Å². The predicted octanol–water partition coefficient (Wildman–Crippen LogP) is 0.158. The molecule has 1 rings (SSSR count). The van der Waals surface area contributed by atoms with E-state index in [4.69, 9.17) is 5.73 Å². The lowest BCUT2D eigenvalue weighted by molar-refractivity contribution is 0.557. The second-order valence-electron chi connectivity index (χ2n) is 3.53. The molecule has 0 aromatic rings. The highest BCUT2D eigenvalue weighted by Crippen LogP contribution is 2.24. The molecule has 3 nitrogen and oxygen atoms in total. The van der Waals surface area contributed by atoms with E-state index in [1.165, 1.54) is 6.26 Å². The number of hydrogen-bond donors (Lipinski definition) is 1. The van der Waals surface area contributed by atoms with Gasteiger partial charge < -0.3 is 5.73 Å². The third-order valence-corrected chi connectivity index (χ3v) is 3.20. The second kappa shape index (κ2) is 3.11. The fraction of sp³-hybridized carbons (Fsp3) is 1.00. The lowest BCUT2D eigenvalue weighted by Crippen LogP contribution is -2.17. The van der Waals surface area contributed by atoms with Crippen LogP contribution in [-0.2, 0) is 9.84 Å². The molecule has 4 heteroatoms. The van der Waals surface area contributed by atoms with E-state index in [0.717, 1.165) is 19.3 Å². The molecule has 1 aliphatic carbocycles. The van der Waals surface area contributed by atoms with Gasteiger partial charge in [-0.2, -0.15) is 0 Å². The van der Waals surface area contributed by atoms with Crippen molar-refractivity contribution in [2.24, 2.45) is 11.7 Å². The van der Waals surface area contributed by atoms with Crippen LogP contribution in [0.5, 0.6) is 0 Å². The van der Waals surface area contributed by atoms with Crippen LogP contribution >= 0.6 is 0 Å². The van der Waals surface area contributed by atoms with Crippen molar-refractivity contribution in [1.29, 1.82) is 0 Å². The number of sulfone groups is 1. The van der Waals surface area contributed by atoms with Gasteiger partial charge in [0, 0.05) is 12.3 Å². The smallest absolute Gasteiger partial charge is 0.147 e. The average Bonchev–Trinajstić information content (AvgIpc) is 2.10. The molecule has 1 saturated carbocycles. The Morgan fingerprint density at radius 3 is 2.45 bits per heavy atom. The summed E-state index contributed by atoms with van der Waals surface area (Å²) in [6.45, 7) is 0. The maximum atomic E-state index is 10.9. The first-order valence-corrected chi connectivity index (χ1v) is 5.97. The summed E-state index contributed by atoms with van der Waals surface area (Å²) in [6, 6.07) is 0.238. The van der Waals surface area contributed by atoms with Gasteiger partial charge in [-0.1, -0.05) is 0 Å². The zero-order valence-corrected chi connectivity index (χ0v) is 7.60. The van der Waals surface area contributed by atoms with Crippen LogP contribution in [0.4, 0.5) is 0 Å². The lowest BCUT2D eigenvalue weighted by Gasteiger charge is -2.06. The number of nitrogens with two attached hydrogens (primary N) is 1. The van der Waals surface area contributed by atoms with Crippen LogP contribution < -0.4 is 5.73 Å². The molecular formula is C7H15NO2S. The van der Waals surface area contributed by atoms with Crippen LogP contribution in [-0.4, -0.2) is 26.5 Å². The van der Waals surface area contributed by atoms with Crippen molar-refractivity contribution in [3.63, 3.8) is 0 Å². The fourth-order valence-corrected chi connectivity index (χ4v) is 2.85. The maximum absolute atomic E-state index is 10.9. The van der Waals surface area contributed by atoms with E-state index in [1.54, 1.807) is 0 Å². The van der Waals surface area contributed by atoms with Crippen molar-refractivity contribution >= 4 is 9.84 Å². The van der Waals surface area contributed by atoms with E-state index in [2.05, 4.69) is 0 Å². The van der Waals surface area contributed by atoms with E-state index < -0.39 is 9.84 Å². The van der Waals surface area contributed by atoms with E-state index in [1.807, 2.05) is 0 Å². The molecule has 1 fully saturated rings. The molecule has 0 unspecified atom stereocenters. The molecule has 0 amide bonds. The highest BCUT2D eigenvalue weighted by Gasteiger charge is 2.24. The Kier molecular flexibility index (Phi) is 2.54. The Bertz CT molecular complexity index is 223. The first-order chi connectivity index (χ1) is 4.97. The monoisotopic (exact) mass is 177 g/mol. The van der Waals surface area contributed by atoms with Gasteiger partial charge in [-0.25, -0.2) is 8.42 Å². The van der Waals surface area contributed by atoms with Gasteiger partial charge in [0.25, 0.3) is 0 Å². The zero-order chi connectivity index (χ0) is 8.48. The van der Waals surface area contributed by atoms with Gasteiger partial charge in [-0.15, -0.1) is 0 Å². The van der Waals surface area contributed by atoms with Crippen LogP contribution in [0.2, 0.25) is 0 Å². The quantitative estimate of drug-likeness (QED) is 0.653. The standard InChI is InChI=1S/C7H15NO2S/c1-11(9,10)5-6-2-3-7(8)4-6/h6-7H,2-5,8H2,1H3/t6-,7+/m0/s1. The summed E-state index contributed by atoms with van der Waals surface area (Å²) in [7, 11) is -2.79. The van der Waals surface area contributed by atoms with Gasteiger partial charge in [-0.3, -0.25) is 0 Å². The number of hydrogen-bond acceptors (Lipinski definition) is 3. The molecule has 0 aliphatic heterocycles. The van der Waals surface area contributed by atoms with E-state index in [9.17, 15) is 8.42 Å². The maximum Gasteiger partial charge on any atom is 0.147 e. The summed E-state index contributed by atoms with van der Waals surface area (Å²) in [5.41, 5.74) is 5.65. The molecule has 0 bridgehead atoms. The molecule has 2 atom stereocenters. The highest BCUT2D eigenvalue weighted by molar-refractivity contribution is 7.90. The summed E-state index contributed by atoms with van der Waals surface area (Å²) >= 11 is 0. The van der Waals surface area contributed by atoms with Crippen molar-refractivity contribution < 1.29 is 8.42 Å². The first-order valence-electron chi connectivity index (χ1n) is 3.90. The predicted molar refractivity (Wildman–Crippen MR) is 45.0 cm³/mol. The molecule has 0 aromatic carbocycles. The first kappa shape index (κ1) is 9.00. The van der Waals surface area contributed by atoms with Gasteiger partial charge >= 0.3 is 0 Å². The molecule has 0 radical (unpaired) electrons. The van der Waals surface area contributed by atoms with Crippen LogP contribution in [0.1, 0.15) is 19.3 Å². The number of rotatable bonds is 2. The van der Waals surface area contributed by atoms with Crippen molar-refractivity contribution in [3.8, 4) is 0 Å². The zero-order valence-electron chi connectivity index (χ0n) is 6.79. The van der Waals surface area contributed by atoms with Crippen LogP contribution in [0.15, 0.2) is 0 Å². The average molecular weight is 177 g/mol. The normalized spacial score (nSPS) is 32.5. The highest BCUT2D eigenvalue weighted by atomic mass is 32.2. The summed E-state index contributed by atoms with van der Waals surface area (Å²) < 4.78 is 21.7. The molecule has 2 N–H and O–H groups in total. The largest absolute Gasteiger partial charge is 0.328 e. The second-order valence-corrected chi connectivity index (χ2v) is 5.72. The topological polar surface area (TPSA) is 60.2 Å².